The maximum absolute atomic E-state index is 6.16. The van der Waals surface area contributed by atoms with E-state index in [0.29, 0.717) is 0 Å². The molecule has 0 unspecified atom stereocenters. The van der Waals surface area contributed by atoms with Gasteiger partial charge in [0.05, 0.1) is 0 Å². The highest BCUT2D eigenvalue weighted by atomic mass is 35.5. The first-order valence-corrected chi connectivity index (χ1v) is 5.17. The Morgan fingerprint density at radius 3 is 2.71 bits per heavy atom. The zero-order valence-electron chi connectivity index (χ0n) is 7.59. The molecule has 0 spiro atoms. The van der Waals surface area contributed by atoms with Gasteiger partial charge in [-0.15, -0.1) is 12.4 Å². The summed E-state index contributed by atoms with van der Waals surface area (Å²) < 4.78 is -0.910. The maximum Gasteiger partial charge on any atom is 0.195 e. The zero-order chi connectivity index (χ0) is 9.31. The fraction of sp³-hybridized carbons (Fsp3) is 0.400. The van der Waals surface area contributed by atoms with Crippen molar-refractivity contribution in [2.75, 3.05) is 6.54 Å². The van der Waals surface area contributed by atoms with E-state index in [1.807, 2.05) is 18.2 Å². The van der Waals surface area contributed by atoms with Crippen LogP contribution in [0.3, 0.4) is 0 Å². The summed E-state index contributed by atoms with van der Waals surface area (Å²) in [4.78, 5) is 0. The molecule has 0 saturated heterocycles. The minimum Gasteiger partial charge on any atom is -0.282 e. The molecular weight excluding hydrogens is 240 g/mol. The summed E-state index contributed by atoms with van der Waals surface area (Å²) in [5.74, 6) is 0. The Kier molecular flexibility index (Phi) is 4.08. The molecule has 1 aromatic rings. The summed E-state index contributed by atoms with van der Waals surface area (Å²) in [7, 11) is 0. The fourth-order valence-electron chi connectivity index (χ4n) is 1.66. The smallest absolute Gasteiger partial charge is 0.195 e. The number of fused-ring (bicyclic) bond motifs is 1. The summed E-state index contributed by atoms with van der Waals surface area (Å²) in [6.45, 7) is 0.863. The SMILES string of the molecule is Cl.ClC1(Cl)NCCCc2ccccc21. The van der Waals surface area contributed by atoms with Gasteiger partial charge in [0, 0.05) is 5.56 Å². The number of benzene rings is 1. The van der Waals surface area contributed by atoms with E-state index in [2.05, 4.69) is 11.4 Å². The predicted octanol–water partition coefficient (Wildman–Crippen LogP) is 3.23. The highest BCUT2D eigenvalue weighted by Crippen LogP contribution is 2.35. The molecule has 14 heavy (non-hydrogen) atoms. The van der Waals surface area contributed by atoms with Gasteiger partial charge >= 0.3 is 0 Å². The molecule has 1 aliphatic rings. The van der Waals surface area contributed by atoms with Gasteiger partial charge in [-0.25, -0.2) is 0 Å². The minimum atomic E-state index is -0.910. The number of halogens is 3. The van der Waals surface area contributed by atoms with Crippen LogP contribution in [0.1, 0.15) is 17.5 Å². The predicted molar refractivity (Wildman–Crippen MR) is 63.4 cm³/mol. The second-order valence-electron chi connectivity index (χ2n) is 3.26. The average Bonchev–Trinajstić information content (AvgIpc) is 2.26. The molecule has 0 amide bonds. The van der Waals surface area contributed by atoms with Crippen LogP contribution in [-0.2, 0) is 10.9 Å². The van der Waals surface area contributed by atoms with Crippen LogP contribution in [0.15, 0.2) is 24.3 Å². The van der Waals surface area contributed by atoms with Gasteiger partial charge in [0.15, 0.2) is 4.46 Å². The van der Waals surface area contributed by atoms with E-state index in [1.165, 1.54) is 5.56 Å². The molecular formula is C10H12Cl3N. The van der Waals surface area contributed by atoms with E-state index in [-0.39, 0.29) is 12.4 Å². The third-order valence-corrected chi connectivity index (χ3v) is 3.00. The highest BCUT2D eigenvalue weighted by Gasteiger charge is 2.29. The molecule has 0 atom stereocenters. The van der Waals surface area contributed by atoms with Gasteiger partial charge in [0.25, 0.3) is 0 Å². The van der Waals surface area contributed by atoms with Crippen molar-refractivity contribution in [1.29, 1.82) is 0 Å². The Hall–Kier alpha value is 0.0500. The number of aryl methyl sites for hydroxylation is 1. The first-order chi connectivity index (χ1) is 6.20. The molecule has 0 aromatic heterocycles. The van der Waals surface area contributed by atoms with Gasteiger partial charge in [-0.05, 0) is 24.9 Å². The zero-order valence-corrected chi connectivity index (χ0v) is 9.92. The standard InChI is InChI=1S/C10H11Cl2N.ClH/c11-10(12)9-6-2-1-4-8(9)5-3-7-13-10;/h1-2,4,6,13H,3,5,7H2;1H. The highest BCUT2D eigenvalue weighted by molar-refractivity contribution is 6.47. The van der Waals surface area contributed by atoms with Crippen molar-refractivity contribution in [3.63, 3.8) is 0 Å². The molecule has 2 rings (SSSR count). The number of rotatable bonds is 0. The van der Waals surface area contributed by atoms with E-state index in [1.54, 1.807) is 0 Å². The van der Waals surface area contributed by atoms with Gasteiger partial charge in [0.2, 0.25) is 0 Å². The molecule has 0 aliphatic carbocycles. The van der Waals surface area contributed by atoms with Crippen molar-refractivity contribution in [3.05, 3.63) is 35.4 Å². The lowest BCUT2D eigenvalue weighted by atomic mass is 10.0. The van der Waals surface area contributed by atoms with Gasteiger partial charge in [-0.3, -0.25) is 5.32 Å². The Morgan fingerprint density at radius 1 is 1.21 bits per heavy atom. The minimum absolute atomic E-state index is 0. The van der Waals surface area contributed by atoms with Crippen LogP contribution in [0.2, 0.25) is 0 Å². The lowest BCUT2D eigenvalue weighted by molar-refractivity contribution is 0.619. The third-order valence-electron chi connectivity index (χ3n) is 2.33. The molecule has 1 aliphatic heterocycles. The number of alkyl halides is 2. The third kappa shape index (κ3) is 2.34. The van der Waals surface area contributed by atoms with Crippen LogP contribution in [0.4, 0.5) is 0 Å². The first kappa shape index (κ1) is 12.1. The maximum atomic E-state index is 6.16. The molecule has 0 fully saturated rings. The molecule has 0 saturated carbocycles. The lowest BCUT2D eigenvalue weighted by Gasteiger charge is -2.20. The summed E-state index contributed by atoms with van der Waals surface area (Å²) in [6.07, 6.45) is 2.13. The Morgan fingerprint density at radius 2 is 1.93 bits per heavy atom. The largest absolute Gasteiger partial charge is 0.282 e. The van der Waals surface area contributed by atoms with Crippen molar-refractivity contribution in [2.24, 2.45) is 0 Å². The van der Waals surface area contributed by atoms with Crippen LogP contribution in [0.5, 0.6) is 0 Å². The summed E-state index contributed by atoms with van der Waals surface area (Å²) in [5.41, 5.74) is 2.24. The molecule has 1 nitrogen and oxygen atoms in total. The number of hydrogen-bond donors (Lipinski definition) is 1. The molecule has 1 aromatic carbocycles. The van der Waals surface area contributed by atoms with Gasteiger partial charge < -0.3 is 0 Å². The second-order valence-corrected chi connectivity index (χ2v) is 4.59. The van der Waals surface area contributed by atoms with E-state index in [4.69, 9.17) is 23.2 Å². The van der Waals surface area contributed by atoms with Crippen molar-refractivity contribution in [1.82, 2.24) is 5.32 Å². The van der Waals surface area contributed by atoms with Crippen LogP contribution >= 0.6 is 35.6 Å². The van der Waals surface area contributed by atoms with Crippen LogP contribution < -0.4 is 5.32 Å². The number of hydrogen-bond acceptors (Lipinski definition) is 1. The molecule has 0 bridgehead atoms. The van der Waals surface area contributed by atoms with E-state index >= 15 is 0 Å². The molecule has 4 heteroatoms. The molecule has 1 N–H and O–H groups in total. The van der Waals surface area contributed by atoms with E-state index < -0.39 is 4.46 Å². The van der Waals surface area contributed by atoms with Crippen LogP contribution in [-0.4, -0.2) is 6.54 Å². The number of nitrogens with one attached hydrogen (secondary N) is 1. The van der Waals surface area contributed by atoms with Gasteiger partial charge in [-0.2, -0.15) is 0 Å². The topological polar surface area (TPSA) is 12.0 Å². The monoisotopic (exact) mass is 251 g/mol. The van der Waals surface area contributed by atoms with E-state index in [9.17, 15) is 0 Å². The van der Waals surface area contributed by atoms with Crippen molar-refractivity contribution < 1.29 is 0 Å². The summed E-state index contributed by atoms with van der Waals surface area (Å²) in [6, 6.07) is 8.05. The van der Waals surface area contributed by atoms with Gasteiger partial charge in [-0.1, -0.05) is 47.5 Å². The first-order valence-electron chi connectivity index (χ1n) is 4.41. The Balaban J connectivity index is 0.000000980. The summed E-state index contributed by atoms with van der Waals surface area (Å²) in [5, 5.41) is 3.11. The normalized spacial score (nSPS) is 19.0. The second kappa shape index (κ2) is 4.71. The molecule has 78 valence electrons. The van der Waals surface area contributed by atoms with Gasteiger partial charge in [0.1, 0.15) is 0 Å². The van der Waals surface area contributed by atoms with E-state index in [0.717, 1.165) is 24.9 Å². The Bertz CT molecular complexity index is 312. The van der Waals surface area contributed by atoms with Crippen molar-refractivity contribution >= 4 is 35.6 Å². The quantitative estimate of drug-likeness (QED) is 0.552. The van der Waals surface area contributed by atoms with Crippen LogP contribution in [0, 0.1) is 0 Å². The lowest BCUT2D eigenvalue weighted by Crippen LogP contribution is -2.31. The summed E-state index contributed by atoms with van der Waals surface area (Å²) >= 11 is 12.3. The fourth-order valence-corrected chi connectivity index (χ4v) is 2.22. The van der Waals surface area contributed by atoms with Crippen molar-refractivity contribution in [3.8, 4) is 0 Å². The Labute approximate surface area is 100 Å². The van der Waals surface area contributed by atoms with Crippen LogP contribution in [0.25, 0.3) is 0 Å². The molecule has 1 heterocycles. The molecule has 0 radical (unpaired) electrons. The van der Waals surface area contributed by atoms with Crippen molar-refractivity contribution in [2.45, 2.75) is 17.3 Å². The average molecular weight is 253 g/mol.